The number of anilines is 1. The molecule has 0 aliphatic carbocycles. The van der Waals surface area contributed by atoms with Crippen LogP contribution in [-0.4, -0.2) is 14.9 Å². The zero-order chi connectivity index (χ0) is 20.7. The molecule has 5 rings (SSSR count). The number of amides is 1. The number of carbonyl (C=O) groups excluding carboxylic acids is 2. The first-order chi connectivity index (χ1) is 14.6. The standard InChI is InChI=1S/C25H18N2O2S/c1-17-24(28)30-25(29)27(17)23-13-7-12-22-21(23)14-15-26(22)16-19-10-5-6-11-20(19)18-8-3-2-4-9-18/h2-15H,1,16H2. The highest BCUT2D eigenvalue weighted by Crippen LogP contribution is 2.37. The number of aromatic nitrogens is 1. The number of fused-ring (bicyclic) bond motifs is 1. The number of carbonyl (C=O) groups is 2. The Bertz CT molecular complexity index is 1310. The van der Waals surface area contributed by atoms with Gasteiger partial charge in [-0.2, -0.15) is 0 Å². The Labute approximate surface area is 178 Å². The molecule has 30 heavy (non-hydrogen) atoms. The maximum atomic E-state index is 12.3. The van der Waals surface area contributed by atoms with E-state index in [9.17, 15) is 9.59 Å². The molecule has 1 fully saturated rings. The van der Waals surface area contributed by atoms with E-state index in [0.717, 1.165) is 10.9 Å². The first-order valence-corrected chi connectivity index (χ1v) is 10.4. The van der Waals surface area contributed by atoms with Gasteiger partial charge in [0.05, 0.1) is 16.9 Å². The predicted molar refractivity (Wildman–Crippen MR) is 123 cm³/mol. The molecule has 0 radical (unpaired) electrons. The molecular weight excluding hydrogens is 392 g/mol. The van der Waals surface area contributed by atoms with Gasteiger partial charge in [0.2, 0.25) is 5.12 Å². The SMILES string of the molecule is C=C1C(=O)SC(=O)N1c1cccc2c1ccn2Cc1ccccc1-c1ccccc1. The third kappa shape index (κ3) is 3.04. The van der Waals surface area contributed by atoms with E-state index in [1.54, 1.807) is 0 Å². The van der Waals surface area contributed by atoms with Crippen molar-refractivity contribution in [3.63, 3.8) is 0 Å². The van der Waals surface area contributed by atoms with Gasteiger partial charge in [-0.15, -0.1) is 0 Å². The van der Waals surface area contributed by atoms with Gasteiger partial charge in [-0.05, 0) is 34.9 Å². The summed E-state index contributed by atoms with van der Waals surface area (Å²) in [4.78, 5) is 25.7. The summed E-state index contributed by atoms with van der Waals surface area (Å²) in [5.41, 5.74) is 5.48. The van der Waals surface area contributed by atoms with Crippen LogP contribution >= 0.6 is 11.8 Å². The summed E-state index contributed by atoms with van der Waals surface area (Å²) >= 11 is 0.691. The molecule has 5 heteroatoms. The number of nitrogens with zero attached hydrogens (tertiary/aromatic N) is 2. The molecule has 1 aliphatic heterocycles. The summed E-state index contributed by atoms with van der Waals surface area (Å²) in [5, 5.41) is 0.312. The molecule has 0 bridgehead atoms. The number of benzene rings is 3. The van der Waals surface area contributed by atoms with Crippen LogP contribution < -0.4 is 4.90 Å². The number of thioether (sulfide) groups is 1. The number of hydrogen-bond acceptors (Lipinski definition) is 3. The zero-order valence-corrected chi connectivity index (χ0v) is 16.9. The summed E-state index contributed by atoms with van der Waals surface area (Å²) in [5.74, 6) is 0. The smallest absolute Gasteiger partial charge is 0.298 e. The van der Waals surface area contributed by atoms with Gasteiger partial charge in [0.25, 0.3) is 5.24 Å². The predicted octanol–water partition coefficient (Wildman–Crippen LogP) is 6.07. The van der Waals surface area contributed by atoms with E-state index in [1.165, 1.54) is 21.6 Å². The molecule has 0 atom stereocenters. The van der Waals surface area contributed by atoms with Gasteiger partial charge in [-0.1, -0.05) is 67.2 Å². The van der Waals surface area contributed by atoms with Gasteiger partial charge < -0.3 is 4.57 Å². The topological polar surface area (TPSA) is 42.3 Å². The molecule has 1 saturated heterocycles. The lowest BCUT2D eigenvalue weighted by Crippen LogP contribution is -2.20. The molecule has 1 amide bonds. The minimum Gasteiger partial charge on any atom is -0.343 e. The van der Waals surface area contributed by atoms with Crippen LogP contribution in [0.25, 0.3) is 22.0 Å². The van der Waals surface area contributed by atoms with E-state index < -0.39 is 0 Å². The molecule has 1 aliphatic rings. The largest absolute Gasteiger partial charge is 0.343 e. The van der Waals surface area contributed by atoms with Crippen LogP contribution in [0.5, 0.6) is 0 Å². The van der Waals surface area contributed by atoms with E-state index in [0.29, 0.717) is 24.0 Å². The van der Waals surface area contributed by atoms with Gasteiger partial charge >= 0.3 is 0 Å². The third-order valence-corrected chi connectivity index (χ3v) is 6.12. The Morgan fingerprint density at radius 2 is 1.60 bits per heavy atom. The molecule has 4 aromatic rings. The fraction of sp³-hybridized carbons (Fsp3) is 0.0400. The minimum atomic E-state index is -0.306. The van der Waals surface area contributed by atoms with Gasteiger partial charge in [-0.3, -0.25) is 14.5 Å². The van der Waals surface area contributed by atoms with E-state index in [1.807, 2.05) is 48.7 Å². The van der Waals surface area contributed by atoms with Crippen LogP contribution in [-0.2, 0) is 11.3 Å². The highest BCUT2D eigenvalue weighted by atomic mass is 32.2. The molecule has 0 saturated carbocycles. The van der Waals surface area contributed by atoms with Crippen LogP contribution in [0.1, 0.15) is 5.56 Å². The average Bonchev–Trinajstić information content (AvgIpc) is 3.29. The summed E-state index contributed by atoms with van der Waals surface area (Å²) in [7, 11) is 0. The summed E-state index contributed by atoms with van der Waals surface area (Å²) in [6.07, 6.45) is 2.02. The minimum absolute atomic E-state index is 0.208. The van der Waals surface area contributed by atoms with Crippen LogP contribution in [0, 0.1) is 0 Å². The summed E-state index contributed by atoms with van der Waals surface area (Å²) in [6, 6.07) is 26.5. The number of rotatable bonds is 4. The normalized spacial score (nSPS) is 14.1. The summed E-state index contributed by atoms with van der Waals surface area (Å²) < 4.78 is 2.17. The molecule has 0 spiro atoms. The maximum Gasteiger partial charge on any atom is 0.298 e. The highest BCUT2D eigenvalue weighted by Gasteiger charge is 2.35. The number of hydrogen-bond donors (Lipinski definition) is 0. The fourth-order valence-electron chi connectivity index (χ4n) is 3.91. The van der Waals surface area contributed by atoms with Gasteiger partial charge in [0.1, 0.15) is 0 Å². The molecule has 0 unspecified atom stereocenters. The van der Waals surface area contributed by atoms with Crippen molar-refractivity contribution in [3.05, 3.63) is 103 Å². The maximum absolute atomic E-state index is 12.3. The second-order valence-corrected chi connectivity index (χ2v) is 8.04. The monoisotopic (exact) mass is 410 g/mol. The molecule has 3 aromatic carbocycles. The second kappa shape index (κ2) is 7.35. The van der Waals surface area contributed by atoms with Gasteiger partial charge in [0, 0.05) is 29.9 Å². The highest BCUT2D eigenvalue weighted by molar-refractivity contribution is 8.27. The molecule has 4 nitrogen and oxygen atoms in total. The molecule has 146 valence electrons. The first-order valence-electron chi connectivity index (χ1n) is 9.60. The van der Waals surface area contributed by atoms with Crippen molar-refractivity contribution < 1.29 is 9.59 Å². The Morgan fingerprint density at radius 3 is 2.37 bits per heavy atom. The molecule has 1 aromatic heterocycles. The van der Waals surface area contributed by atoms with E-state index in [-0.39, 0.29) is 16.1 Å². The lowest BCUT2D eigenvalue weighted by Gasteiger charge is -2.17. The van der Waals surface area contributed by atoms with Gasteiger partial charge in [0.15, 0.2) is 0 Å². The van der Waals surface area contributed by atoms with Crippen LogP contribution in [0.2, 0.25) is 0 Å². The van der Waals surface area contributed by atoms with Crippen molar-refractivity contribution in [3.8, 4) is 11.1 Å². The van der Waals surface area contributed by atoms with Gasteiger partial charge in [-0.25, -0.2) is 0 Å². The average molecular weight is 410 g/mol. The Balaban J connectivity index is 1.57. The van der Waals surface area contributed by atoms with Crippen molar-refractivity contribution >= 4 is 38.7 Å². The van der Waals surface area contributed by atoms with Crippen molar-refractivity contribution in [2.24, 2.45) is 0 Å². The second-order valence-electron chi connectivity index (χ2n) is 7.11. The van der Waals surface area contributed by atoms with Crippen LogP contribution in [0.4, 0.5) is 10.5 Å². The van der Waals surface area contributed by atoms with Crippen molar-refractivity contribution in [2.75, 3.05) is 4.90 Å². The third-order valence-electron chi connectivity index (χ3n) is 5.34. The van der Waals surface area contributed by atoms with Crippen LogP contribution in [0.15, 0.2) is 97.3 Å². The zero-order valence-electron chi connectivity index (χ0n) is 16.1. The van der Waals surface area contributed by atoms with Crippen molar-refractivity contribution in [1.82, 2.24) is 4.57 Å². The molecule has 0 N–H and O–H groups in total. The Morgan fingerprint density at radius 1 is 0.833 bits per heavy atom. The quantitative estimate of drug-likeness (QED) is 0.384. The lowest BCUT2D eigenvalue weighted by molar-refractivity contribution is -0.107. The molecular formula is C25H18N2O2S. The van der Waals surface area contributed by atoms with E-state index in [4.69, 9.17) is 0 Å². The lowest BCUT2D eigenvalue weighted by atomic mass is 10.00. The molecule has 2 heterocycles. The fourth-order valence-corrected chi connectivity index (χ4v) is 4.58. The van der Waals surface area contributed by atoms with Crippen LogP contribution in [0.3, 0.4) is 0 Å². The van der Waals surface area contributed by atoms with E-state index in [2.05, 4.69) is 47.5 Å². The summed E-state index contributed by atoms with van der Waals surface area (Å²) in [6.45, 7) is 4.49. The van der Waals surface area contributed by atoms with Crippen molar-refractivity contribution in [2.45, 2.75) is 6.54 Å². The van der Waals surface area contributed by atoms with Crippen molar-refractivity contribution in [1.29, 1.82) is 0 Å². The Kier molecular flexibility index (Phi) is 4.52. The Hall–Kier alpha value is -3.57. The van der Waals surface area contributed by atoms with E-state index >= 15 is 0 Å². The first kappa shape index (κ1) is 18.5.